The number of hydrogen-bond acceptors (Lipinski definition) is 4. The van der Waals surface area contributed by atoms with Gasteiger partial charge in [-0.2, -0.15) is 0 Å². The van der Waals surface area contributed by atoms with Crippen LogP contribution in [0.1, 0.15) is 26.7 Å². The molecule has 0 radical (unpaired) electrons. The van der Waals surface area contributed by atoms with E-state index in [1.807, 2.05) is 13.8 Å². The molecule has 6 nitrogen and oxygen atoms in total. The Morgan fingerprint density at radius 3 is 2.59 bits per heavy atom. The number of β-amino-alcohol motifs (C(OH)–C–C–N with tert-alkyl or cyclic N) is 1. The zero-order chi connectivity index (χ0) is 13.2. The second kappa shape index (κ2) is 5.46. The monoisotopic (exact) mass is 244 g/mol. The fourth-order valence-corrected chi connectivity index (χ4v) is 1.98. The first-order chi connectivity index (χ1) is 7.88. The van der Waals surface area contributed by atoms with Crippen LogP contribution in [0.4, 0.5) is 0 Å². The standard InChI is InChI=1S/C11H20N2O4/c1-3-6(2)9(12)10(15)13-5-7(14)4-8(13)11(16)17/h6-9,14H,3-5,12H2,1-2H3,(H,16,17)/t6-,7+,8-,9-/m0/s1. The minimum atomic E-state index is -1.09. The van der Waals surface area contributed by atoms with Crippen molar-refractivity contribution in [1.82, 2.24) is 4.90 Å². The second-order valence-electron chi connectivity index (χ2n) is 4.65. The van der Waals surface area contributed by atoms with E-state index in [4.69, 9.17) is 10.8 Å². The minimum absolute atomic E-state index is 0.00492. The largest absolute Gasteiger partial charge is 0.480 e. The van der Waals surface area contributed by atoms with Gasteiger partial charge < -0.3 is 20.8 Å². The molecule has 1 aliphatic rings. The van der Waals surface area contributed by atoms with E-state index < -0.39 is 24.2 Å². The molecular formula is C11H20N2O4. The molecular weight excluding hydrogens is 224 g/mol. The molecule has 0 saturated carbocycles. The zero-order valence-corrected chi connectivity index (χ0v) is 10.2. The summed E-state index contributed by atoms with van der Waals surface area (Å²) in [6, 6.07) is -1.65. The van der Waals surface area contributed by atoms with Crippen molar-refractivity contribution in [3.8, 4) is 0 Å². The molecule has 6 heteroatoms. The molecule has 0 unspecified atom stereocenters. The van der Waals surface area contributed by atoms with Crippen LogP contribution in [0.5, 0.6) is 0 Å². The number of hydrogen-bond donors (Lipinski definition) is 3. The van der Waals surface area contributed by atoms with Crippen molar-refractivity contribution in [1.29, 1.82) is 0 Å². The van der Waals surface area contributed by atoms with E-state index in [0.717, 1.165) is 6.42 Å². The average Bonchev–Trinajstić information content (AvgIpc) is 2.68. The highest BCUT2D eigenvalue weighted by atomic mass is 16.4. The number of amides is 1. The van der Waals surface area contributed by atoms with Gasteiger partial charge in [-0.25, -0.2) is 4.79 Å². The zero-order valence-electron chi connectivity index (χ0n) is 10.2. The third kappa shape index (κ3) is 2.95. The summed E-state index contributed by atoms with van der Waals surface area (Å²) in [5.41, 5.74) is 5.79. The van der Waals surface area contributed by atoms with E-state index in [0.29, 0.717) is 0 Å². The lowest BCUT2D eigenvalue weighted by molar-refractivity contribution is -0.149. The van der Waals surface area contributed by atoms with Crippen LogP contribution in [0.25, 0.3) is 0 Å². The molecule has 4 N–H and O–H groups in total. The summed E-state index contributed by atoms with van der Waals surface area (Å²) < 4.78 is 0. The lowest BCUT2D eigenvalue weighted by Crippen LogP contribution is -2.50. The number of carbonyl (C=O) groups excluding carboxylic acids is 1. The van der Waals surface area contributed by atoms with Gasteiger partial charge in [-0.1, -0.05) is 20.3 Å². The summed E-state index contributed by atoms with van der Waals surface area (Å²) in [5, 5.41) is 18.4. The highest BCUT2D eigenvalue weighted by Crippen LogP contribution is 2.20. The van der Waals surface area contributed by atoms with Gasteiger partial charge in [0.1, 0.15) is 6.04 Å². The van der Waals surface area contributed by atoms with Crippen molar-refractivity contribution in [3.63, 3.8) is 0 Å². The van der Waals surface area contributed by atoms with Gasteiger partial charge in [0.15, 0.2) is 0 Å². The Hall–Kier alpha value is -1.14. The van der Waals surface area contributed by atoms with E-state index in [-0.39, 0.29) is 24.8 Å². The number of nitrogens with two attached hydrogens (primary N) is 1. The van der Waals surface area contributed by atoms with Gasteiger partial charge in [0.2, 0.25) is 5.91 Å². The highest BCUT2D eigenvalue weighted by Gasteiger charge is 2.41. The maximum atomic E-state index is 12.0. The Balaban J connectivity index is 2.77. The third-order valence-corrected chi connectivity index (χ3v) is 3.39. The van der Waals surface area contributed by atoms with Crippen LogP contribution in [0.2, 0.25) is 0 Å². The number of likely N-dealkylation sites (tertiary alicyclic amines) is 1. The van der Waals surface area contributed by atoms with E-state index in [1.54, 1.807) is 0 Å². The molecule has 4 atom stereocenters. The minimum Gasteiger partial charge on any atom is -0.480 e. The normalized spacial score (nSPS) is 27.9. The van der Waals surface area contributed by atoms with Crippen LogP contribution in [0.3, 0.4) is 0 Å². The molecule has 1 heterocycles. The number of aliphatic carboxylic acids is 1. The van der Waals surface area contributed by atoms with Crippen LogP contribution < -0.4 is 5.73 Å². The van der Waals surface area contributed by atoms with Crippen LogP contribution in [0, 0.1) is 5.92 Å². The molecule has 17 heavy (non-hydrogen) atoms. The Kier molecular flexibility index (Phi) is 4.47. The summed E-state index contributed by atoms with van der Waals surface area (Å²) in [6.07, 6.45) is 0.0548. The predicted molar refractivity (Wildman–Crippen MR) is 61.2 cm³/mol. The molecule has 98 valence electrons. The van der Waals surface area contributed by atoms with Gasteiger partial charge in [0, 0.05) is 13.0 Å². The van der Waals surface area contributed by atoms with Crippen molar-refractivity contribution < 1.29 is 19.8 Å². The second-order valence-corrected chi connectivity index (χ2v) is 4.65. The number of aliphatic hydroxyl groups is 1. The summed E-state index contributed by atoms with van der Waals surface area (Å²) in [5.74, 6) is -1.48. The maximum absolute atomic E-state index is 12.0. The number of aliphatic hydroxyl groups excluding tert-OH is 1. The molecule has 0 aliphatic carbocycles. The SMILES string of the molecule is CC[C@H](C)[C@H](N)C(=O)N1C[C@H](O)C[C@H]1C(=O)O. The van der Waals surface area contributed by atoms with Crippen molar-refractivity contribution in [2.24, 2.45) is 11.7 Å². The summed E-state index contributed by atoms with van der Waals surface area (Å²) in [6.45, 7) is 3.83. The van der Waals surface area contributed by atoms with Crippen LogP contribution in [0.15, 0.2) is 0 Å². The van der Waals surface area contributed by atoms with Gasteiger partial charge in [-0.05, 0) is 5.92 Å². The van der Waals surface area contributed by atoms with Crippen molar-refractivity contribution in [2.45, 2.75) is 44.9 Å². The number of rotatable bonds is 4. The fourth-order valence-electron chi connectivity index (χ4n) is 1.98. The smallest absolute Gasteiger partial charge is 0.326 e. The summed E-state index contributed by atoms with van der Waals surface area (Å²) >= 11 is 0. The Labute approximate surface area is 100 Å². The van der Waals surface area contributed by atoms with Crippen molar-refractivity contribution in [3.05, 3.63) is 0 Å². The van der Waals surface area contributed by atoms with E-state index in [9.17, 15) is 14.7 Å². The van der Waals surface area contributed by atoms with Gasteiger partial charge in [0.05, 0.1) is 12.1 Å². The van der Waals surface area contributed by atoms with Gasteiger partial charge in [0.25, 0.3) is 0 Å². The Morgan fingerprint density at radius 2 is 2.12 bits per heavy atom. The molecule has 1 fully saturated rings. The topological polar surface area (TPSA) is 104 Å². The van der Waals surface area contributed by atoms with Crippen molar-refractivity contribution >= 4 is 11.9 Å². The van der Waals surface area contributed by atoms with E-state index in [2.05, 4.69) is 0 Å². The summed E-state index contributed by atoms with van der Waals surface area (Å²) in [4.78, 5) is 24.2. The summed E-state index contributed by atoms with van der Waals surface area (Å²) in [7, 11) is 0. The van der Waals surface area contributed by atoms with Gasteiger partial charge >= 0.3 is 5.97 Å². The van der Waals surface area contributed by atoms with E-state index in [1.165, 1.54) is 4.90 Å². The predicted octanol–water partition coefficient (Wildman–Crippen LogP) is -0.594. The first-order valence-electron chi connectivity index (χ1n) is 5.85. The first-order valence-corrected chi connectivity index (χ1v) is 5.85. The quantitative estimate of drug-likeness (QED) is 0.613. The number of carboxylic acid groups (broad SMARTS) is 1. The molecule has 1 rings (SSSR count). The van der Waals surface area contributed by atoms with Crippen LogP contribution in [-0.4, -0.2) is 51.7 Å². The number of carboxylic acids is 1. The lowest BCUT2D eigenvalue weighted by atomic mass is 9.98. The van der Waals surface area contributed by atoms with Gasteiger partial charge in [-0.15, -0.1) is 0 Å². The number of carbonyl (C=O) groups is 2. The lowest BCUT2D eigenvalue weighted by Gasteiger charge is -2.27. The highest BCUT2D eigenvalue weighted by molar-refractivity contribution is 5.87. The van der Waals surface area contributed by atoms with Gasteiger partial charge in [-0.3, -0.25) is 4.79 Å². The Bertz CT molecular complexity index is 308. The van der Waals surface area contributed by atoms with Crippen LogP contribution in [-0.2, 0) is 9.59 Å². The van der Waals surface area contributed by atoms with Crippen LogP contribution >= 0.6 is 0 Å². The van der Waals surface area contributed by atoms with E-state index >= 15 is 0 Å². The molecule has 0 aromatic carbocycles. The average molecular weight is 244 g/mol. The first kappa shape index (κ1) is 13.9. The van der Waals surface area contributed by atoms with Crippen molar-refractivity contribution in [2.75, 3.05) is 6.54 Å². The molecule has 1 saturated heterocycles. The molecule has 1 amide bonds. The Morgan fingerprint density at radius 1 is 1.53 bits per heavy atom. The molecule has 0 aromatic rings. The third-order valence-electron chi connectivity index (χ3n) is 3.39. The maximum Gasteiger partial charge on any atom is 0.326 e. The molecule has 0 aromatic heterocycles. The molecule has 1 aliphatic heterocycles. The number of nitrogens with zero attached hydrogens (tertiary/aromatic N) is 1. The molecule has 0 bridgehead atoms. The fraction of sp³-hybridized carbons (Fsp3) is 0.818. The molecule has 0 spiro atoms.